The van der Waals surface area contributed by atoms with Crippen LogP contribution in [0.5, 0.6) is 0 Å². The molecule has 2 fully saturated rings. The molecule has 1 aliphatic carbocycles. The second kappa shape index (κ2) is 6.71. The van der Waals surface area contributed by atoms with Crippen LogP contribution in [-0.2, 0) is 9.53 Å². The number of ether oxygens (including phenoxy) is 1. The molecule has 4 heteroatoms. The number of hydrogen-bond acceptors (Lipinski definition) is 3. The molecule has 0 aromatic rings. The first-order valence-corrected chi connectivity index (χ1v) is 7.73. The van der Waals surface area contributed by atoms with E-state index in [1.807, 2.05) is 0 Å². The summed E-state index contributed by atoms with van der Waals surface area (Å²) in [5.41, 5.74) is 6.08. The standard InChI is InChI=1S/C15H28N2O2/c1-10-13(4-3-5-14(10)16)15(18)17-11(2)12-6-8-19-9-7-12/h10-14H,3-9,16H2,1-2H3,(H,17,18). The van der Waals surface area contributed by atoms with E-state index in [9.17, 15) is 4.79 Å². The van der Waals surface area contributed by atoms with Crippen molar-refractivity contribution in [3.8, 4) is 0 Å². The number of nitrogens with one attached hydrogen (secondary N) is 1. The van der Waals surface area contributed by atoms with Crippen LogP contribution in [0.3, 0.4) is 0 Å². The number of rotatable bonds is 3. The van der Waals surface area contributed by atoms with Crippen molar-refractivity contribution in [2.24, 2.45) is 23.5 Å². The number of nitrogens with two attached hydrogens (primary N) is 1. The third kappa shape index (κ3) is 3.69. The lowest BCUT2D eigenvalue weighted by Crippen LogP contribution is -2.48. The summed E-state index contributed by atoms with van der Waals surface area (Å²) in [6.07, 6.45) is 5.24. The highest BCUT2D eigenvalue weighted by atomic mass is 16.5. The van der Waals surface area contributed by atoms with Gasteiger partial charge in [0.2, 0.25) is 5.91 Å². The fourth-order valence-electron chi connectivity index (χ4n) is 3.43. The molecule has 0 spiro atoms. The Morgan fingerprint density at radius 1 is 1.26 bits per heavy atom. The predicted octanol–water partition coefficient (Wildman–Crippen LogP) is 1.68. The van der Waals surface area contributed by atoms with Crippen molar-refractivity contribution in [2.45, 2.75) is 58.0 Å². The number of carbonyl (C=O) groups excluding carboxylic acids is 1. The lowest BCUT2D eigenvalue weighted by Gasteiger charge is -2.35. The molecular formula is C15H28N2O2. The van der Waals surface area contributed by atoms with Crippen LogP contribution >= 0.6 is 0 Å². The fraction of sp³-hybridized carbons (Fsp3) is 0.933. The van der Waals surface area contributed by atoms with Crippen LogP contribution in [0.25, 0.3) is 0 Å². The molecule has 2 rings (SSSR count). The van der Waals surface area contributed by atoms with E-state index in [1.54, 1.807) is 0 Å². The van der Waals surface area contributed by atoms with Crippen molar-refractivity contribution in [1.82, 2.24) is 5.32 Å². The molecule has 110 valence electrons. The molecule has 4 atom stereocenters. The van der Waals surface area contributed by atoms with Gasteiger partial charge in [0.05, 0.1) is 0 Å². The van der Waals surface area contributed by atoms with Gasteiger partial charge in [-0.05, 0) is 44.4 Å². The summed E-state index contributed by atoms with van der Waals surface area (Å²) in [5, 5.41) is 3.22. The Hall–Kier alpha value is -0.610. The molecule has 3 N–H and O–H groups in total. The van der Waals surface area contributed by atoms with Crippen LogP contribution < -0.4 is 11.1 Å². The maximum Gasteiger partial charge on any atom is 0.223 e. The van der Waals surface area contributed by atoms with Gasteiger partial charge in [-0.25, -0.2) is 0 Å². The Bertz CT molecular complexity index is 303. The molecule has 0 aromatic heterocycles. The normalized spacial score (nSPS) is 34.8. The Morgan fingerprint density at radius 3 is 2.63 bits per heavy atom. The van der Waals surface area contributed by atoms with Crippen LogP contribution in [-0.4, -0.2) is 31.2 Å². The van der Waals surface area contributed by atoms with Gasteiger partial charge in [-0.2, -0.15) is 0 Å². The minimum atomic E-state index is 0.103. The highest BCUT2D eigenvalue weighted by Crippen LogP contribution is 2.29. The van der Waals surface area contributed by atoms with Crippen molar-refractivity contribution in [2.75, 3.05) is 13.2 Å². The van der Waals surface area contributed by atoms with Crippen LogP contribution in [0.15, 0.2) is 0 Å². The molecule has 1 amide bonds. The van der Waals surface area contributed by atoms with Crippen LogP contribution in [0.2, 0.25) is 0 Å². The fourth-order valence-corrected chi connectivity index (χ4v) is 3.43. The number of amides is 1. The van der Waals surface area contributed by atoms with Crippen LogP contribution in [0.4, 0.5) is 0 Å². The van der Waals surface area contributed by atoms with Crippen molar-refractivity contribution >= 4 is 5.91 Å². The largest absolute Gasteiger partial charge is 0.381 e. The number of hydrogen-bond donors (Lipinski definition) is 2. The SMILES string of the molecule is CC(NC(=O)C1CCCC(N)C1C)C1CCOCC1. The van der Waals surface area contributed by atoms with Gasteiger partial charge in [0, 0.05) is 31.2 Å². The first kappa shape index (κ1) is 14.8. The van der Waals surface area contributed by atoms with Gasteiger partial charge in [-0.1, -0.05) is 13.3 Å². The Morgan fingerprint density at radius 2 is 1.95 bits per heavy atom. The first-order valence-electron chi connectivity index (χ1n) is 7.73. The zero-order valence-electron chi connectivity index (χ0n) is 12.2. The molecule has 1 aliphatic heterocycles. The van der Waals surface area contributed by atoms with E-state index >= 15 is 0 Å². The quantitative estimate of drug-likeness (QED) is 0.818. The third-order valence-electron chi connectivity index (χ3n) is 5.04. The summed E-state index contributed by atoms with van der Waals surface area (Å²) in [4.78, 5) is 12.4. The van der Waals surface area contributed by atoms with Gasteiger partial charge in [0.25, 0.3) is 0 Å². The van der Waals surface area contributed by atoms with E-state index < -0.39 is 0 Å². The van der Waals surface area contributed by atoms with Crippen LogP contribution in [0.1, 0.15) is 46.0 Å². The summed E-state index contributed by atoms with van der Waals surface area (Å²) in [7, 11) is 0. The molecule has 0 radical (unpaired) electrons. The van der Waals surface area contributed by atoms with Gasteiger partial charge >= 0.3 is 0 Å². The molecule has 4 nitrogen and oxygen atoms in total. The van der Waals surface area contributed by atoms with E-state index in [1.165, 1.54) is 0 Å². The molecule has 4 unspecified atom stereocenters. The van der Waals surface area contributed by atoms with Gasteiger partial charge in [0.15, 0.2) is 0 Å². The molecule has 1 saturated heterocycles. The van der Waals surface area contributed by atoms with Crippen molar-refractivity contribution in [3.63, 3.8) is 0 Å². The van der Waals surface area contributed by atoms with Gasteiger partial charge in [-0.3, -0.25) is 4.79 Å². The Balaban J connectivity index is 1.85. The Labute approximate surface area is 116 Å². The molecular weight excluding hydrogens is 240 g/mol. The molecule has 1 heterocycles. The van der Waals surface area contributed by atoms with E-state index in [0.717, 1.165) is 45.3 Å². The van der Waals surface area contributed by atoms with E-state index in [4.69, 9.17) is 10.5 Å². The molecule has 0 bridgehead atoms. The summed E-state index contributed by atoms with van der Waals surface area (Å²) in [5.74, 6) is 1.17. The average Bonchev–Trinajstić information content (AvgIpc) is 2.42. The van der Waals surface area contributed by atoms with Gasteiger partial charge in [0.1, 0.15) is 0 Å². The third-order valence-corrected chi connectivity index (χ3v) is 5.04. The van der Waals surface area contributed by atoms with Crippen LogP contribution in [0, 0.1) is 17.8 Å². The highest BCUT2D eigenvalue weighted by Gasteiger charge is 2.33. The smallest absolute Gasteiger partial charge is 0.223 e. The monoisotopic (exact) mass is 268 g/mol. The van der Waals surface area contributed by atoms with Gasteiger partial charge in [-0.15, -0.1) is 0 Å². The molecule has 1 saturated carbocycles. The lowest BCUT2D eigenvalue weighted by molar-refractivity contribution is -0.129. The highest BCUT2D eigenvalue weighted by molar-refractivity contribution is 5.79. The lowest BCUT2D eigenvalue weighted by atomic mass is 9.76. The Kier molecular flexibility index (Phi) is 5.22. The maximum atomic E-state index is 12.4. The van der Waals surface area contributed by atoms with Crippen molar-refractivity contribution in [1.29, 1.82) is 0 Å². The molecule has 2 aliphatic rings. The van der Waals surface area contributed by atoms with E-state index in [2.05, 4.69) is 19.2 Å². The maximum absolute atomic E-state index is 12.4. The van der Waals surface area contributed by atoms with E-state index in [0.29, 0.717) is 11.8 Å². The molecule has 19 heavy (non-hydrogen) atoms. The van der Waals surface area contributed by atoms with Crippen molar-refractivity contribution in [3.05, 3.63) is 0 Å². The van der Waals surface area contributed by atoms with Crippen molar-refractivity contribution < 1.29 is 9.53 Å². The minimum Gasteiger partial charge on any atom is -0.381 e. The number of carbonyl (C=O) groups is 1. The summed E-state index contributed by atoms with van der Waals surface area (Å²) in [6, 6.07) is 0.435. The second-order valence-electron chi connectivity index (χ2n) is 6.31. The first-order chi connectivity index (χ1) is 9.09. The average molecular weight is 268 g/mol. The second-order valence-corrected chi connectivity index (χ2v) is 6.31. The van der Waals surface area contributed by atoms with E-state index in [-0.39, 0.29) is 23.9 Å². The summed E-state index contributed by atoms with van der Waals surface area (Å²) < 4.78 is 5.37. The zero-order chi connectivity index (χ0) is 13.8. The summed E-state index contributed by atoms with van der Waals surface area (Å²) in [6.45, 7) is 5.90. The van der Waals surface area contributed by atoms with Gasteiger partial charge < -0.3 is 15.8 Å². The summed E-state index contributed by atoms with van der Waals surface area (Å²) >= 11 is 0. The topological polar surface area (TPSA) is 64.4 Å². The minimum absolute atomic E-state index is 0.103. The predicted molar refractivity (Wildman–Crippen MR) is 75.6 cm³/mol. The zero-order valence-corrected chi connectivity index (χ0v) is 12.2. The molecule has 0 aromatic carbocycles.